The molecule has 1 aromatic carbocycles. The number of nitrogens with zero attached hydrogens (tertiary/aromatic N) is 2. The average molecular weight is 308 g/mol. The maximum absolute atomic E-state index is 2.70. The predicted molar refractivity (Wildman–Crippen MR) is 97.2 cm³/mol. The molecule has 1 aromatic rings. The number of hydrogen-bond donors (Lipinski definition) is 0. The summed E-state index contributed by atoms with van der Waals surface area (Å²) in [7, 11) is 0. The third-order valence-corrected chi connectivity index (χ3v) is 5.85. The van der Waals surface area contributed by atoms with Gasteiger partial charge in [0.05, 0.1) is 0 Å². The van der Waals surface area contributed by atoms with Gasteiger partial charge in [-0.1, -0.05) is 54.6 Å². The van der Waals surface area contributed by atoms with Crippen LogP contribution in [-0.2, 0) is 0 Å². The molecule has 3 atom stereocenters. The molecule has 2 bridgehead atoms. The smallest absolute Gasteiger partial charge is 0.0167 e. The molecular formula is C21H28N2. The van der Waals surface area contributed by atoms with E-state index in [-0.39, 0.29) is 0 Å². The molecule has 1 heterocycles. The highest BCUT2D eigenvalue weighted by atomic mass is 15.3. The molecule has 4 rings (SSSR count). The largest absolute Gasteiger partial charge is 0.300 e. The summed E-state index contributed by atoms with van der Waals surface area (Å²) in [4.78, 5) is 5.28. The Labute approximate surface area is 140 Å². The second-order valence-corrected chi connectivity index (χ2v) is 7.45. The lowest BCUT2D eigenvalue weighted by molar-refractivity contribution is 0.121. The first-order chi connectivity index (χ1) is 11.4. The SMILES string of the molecule is C1=C[C@H]2C[C@H]1C[C@@H]2CN1CCN(C/C=C/c2ccccc2)CC1. The Morgan fingerprint density at radius 3 is 2.39 bits per heavy atom. The molecule has 122 valence electrons. The fourth-order valence-electron chi connectivity index (χ4n) is 4.49. The highest BCUT2D eigenvalue weighted by Gasteiger charge is 2.36. The second-order valence-electron chi connectivity index (χ2n) is 7.45. The Kier molecular flexibility index (Phi) is 4.63. The Balaban J connectivity index is 1.19. The van der Waals surface area contributed by atoms with Gasteiger partial charge in [0.2, 0.25) is 0 Å². The van der Waals surface area contributed by atoms with E-state index in [0.717, 1.165) is 24.3 Å². The third kappa shape index (κ3) is 3.76. The first-order valence-electron chi connectivity index (χ1n) is 9.21. The summed E-state index contributed by atoms with van der Waals surface area (Å²) < 4.78 is 0. The monoisotopic (exact) mass is 308 g/mol. The molecule has 2 heteroatoms. The van der Waals surface area contributed by atoms with Crippen LogP contribution in [0.1, 0.15) is 18.4 Å². The van der Waals surface area contributed by atoms with E-state index in [1.165, 1.54) is 51.1 Å². The topological polar surface area (TPSA) is 6.48 Å². The van der Waals surface area contributed by atoms with Crippen molar-refractivity contribution in [2.24, 2.45) is 17.8 Å². The van der Waals surface area contributed by atoms with Crippen LogP contribution in [0.25, 0.3) is 6.08 Å². The summed E-state index contributed by atoms with van der Waals surface area (Å²) in [6, 6.07) is 10.6. The highest BCUT2D eigenvalue weighted by molar-refractivity contribution is 5.48. The quantitative estimate of drug-likeness (QED) is 0.768. The number of piperazine rings is 1. The zero-order chi connectivity index (χ0) is 15.5. The fourth-order valence-corrected chi connectivity index (χ4v) is 4.49. The van der Waals surface area contributed by atoms with Crippen LogP contribution in [0.15, 0.2) is 48.6 Å². The molecule has 0 radical (unpaired) electrons. The van der Waals surface area contributed by atoms with Crippen LogP contribution in [0, 0.1) is 17.8 Å². The Morgan fingerprint density at radius 2 is 1.70 bits per heavy atom. The predicted octanol–water partition coefficient (Wildman–Crippen LogP) is 3.53. The van der Waals surface area contributed by atoms with Gasteiger partial charge < -0.3 is 4.90 Å². The van der Waals surface area contributed by atoms with E-state index in [9.17, 15) is 0 Å². The fraction of sp³-hybridized carbons (Fsp3) is 0.524. The van der Waals surface area contributed by atoms with Crippen LogP contribution >= 0.6 is 0 Å². The van der Waals surface area contributed by atoms with E-state index in [1.807, 2.05) is 0 Å². The van der Waals surface area contributed by atoms with Crippen molar-refractivity contribution in [1.82, 2.24) is 9.80 Å². The van der Waals surface area contributed by atoms with Crippen molar-refractivity contribution in [2.75, 3.05) is 39.3 Å². The Bertz CT molecular complexity index is 554. The number of hydrogen-bond acceptors (Lipinski definition) is 2. The van der Waals surface area contributed by atoms with Crippen molar-refractivity contribution in [3.8, 4) is 0 Å². The van der Waals surface area contributed by atoms with Crippen molar-refractivity contribution in [3.05, 3.63) is 54.1 Å². The van der Waals surface area contributed by atoms with Gasteiger partial charge in [-0.2, -0.15) is 0 Å². The van der Waals surface area contributed by atoms with Crippen LogP contribution in [0.4, 0.5) is 0 Å². The number of benzene rings is 1. The third-order valence-electron chi connectivity index (χ3n) is 5.85. The first-order valence-corrected chi connectivity index (χ1v) is 9.21. The van der Waals surface area contributed by atoms with E-state index < -0.39 is 0 Å². The molecular weight excluding hydrogens is 280 g/mol. The van der Waals surface area contributed by atoms with Crippen molar-refractivity contribution in [2.45, 2.75) is 12.8 Å². The van der Waals surface area contributed by atoms with Gasteiger partial charge in [0.1, 0.15) is 0 Å². The maximum Gasteiger partial charge on any atom is 0.0167 e. The molecule has 3 aliphatic rings. The minimum atomic E-state index is 0.895. The molecule has 0 N–H and O–H groups in total. The molecule has 2 fully saturated rings. The Hall–Kier alpha value is -1.38. The van der Waals surface area contributed by atoms with Gasteiger partial charge in [-0.15, -0.1) is 0 Å². The molecule has 1 aliphatic heterocycles. The van der Waals surface area contributed by atoms with Gasteiger partial charge in [0.25, 0.3) is 0 Å². The van der Waals surface area contributed by atoms with Crippen LogP contribution in [0.2, 0.25) is 0 Å². The first kappa shape index (κ1) is 15.2. The van der Waals surface area contributed by atoms with Gasteiger partial charge >= 0.3 is 0 Å². The maximum atomic E-state index is 2.70. The molecule has 0 aromatic heterocycles. The van der Waals surface area contributed by atoms with Gasteiger partial charge in [0.15, 0.2) is 0 Å². The van der Waals surface area contributed by atoms with Crippen molar-refractivity contribution in [1.29, 1.82) is 0 Å². The summed E-state index contributed by atoms with van der Waals surface area (Å²) in [5, 5.41) is 0. The second kappa shape index (κ2) is 7.02. The summed E-state index contributed by atoms with van der Waals surface area (Å²) in [6.07, 6.45) is 12.4. The van der Waals surface area contributed by atoms with Crippen LogP contribution < -0.4 is 0 Å². The summed E-state index contributed by atoms with van der Waals surface area (Å²) in [5.74, 6) is 2.75. The van der Waals surface area contributed by atoms with Crippen molar-refractivity contribution >= 4 is 6.08 Å². The standard InChI is InChI=1S/C21H28N2/c1-2-5-18(6-3-1)7-4-10-22-11-13-23(14-12-22)17-21-16-19-8-9-20(21)15-19/h1-9,19-21H,10-17H2/b7-4+/t19-,20-,21+/m0/s1. The molecule has 2 aliphatic carbocycles. The summed E-state index contributed by atoms with van der Waals surface area (Å²) in [6.45, 7) is 7.35. The Morgan fingerprint density at radius 1 is 0.913 bits per heavy atom. The lowest BCUT2D eigenvalue weighted by atomic mass is 9.93. The van der Waals surface area contributed by atoms with Gasteiger partial charge in [-0.25, -0.2) is 0 Å². The van der Waals surface area contributed by atoms with Gasteiger partial charge in [-0.3, -0.25) is 4.90 Å². The van der Waals surface area contributed by atoms with Crippen LogP contribution in [0.3, 0.4) is 0 Å². The van der Waals surface area contributed by atoms with Crippen LogP contribution in [-0.4, -0.2) is 49.1 Å². The molecule has 1 saturated carbocycles. The minimum absolute atomic E-state index is 0.895. The number of fused-ring (bicyclic) bond motifs is 2. The number of rotatable bonds is 5. The summed E-state index contributed by atoms with van der Waals surface area (Å²) in [5.41, 5.74) is 1.30. The summed E-state index contributed by atoms with van der Waals surface area (Å²) >= 11 is 0. The normalized spacial score (nSPS) is 31.4. The van der Waals surface area contributed by atoms with Crippen LogP contribution in [0.5, 0.6) is 0 Å². The van der Waals surface area contributed by atoms with E-state index in [4.69, 9.17) is 0 Å². The van der Waals surface area contributed by atoms with E-state index in [1.54, 1.807) is 0 Å². The van der Waals surface area contributed by atoms with Crippen molar-refractivity contribution in [3.63, 3.8) is 0 Å². The number of allylic oxidation sites excluding steroid dienone is 2. The molecule has 0 spiro atoms. The lowest BCUT2D eigenvalue weighted by Gasteiger charge is -2.36. The van der Waals surface area contributed by atoms with E-state index in [2.05, 4.69) is 64.4 Å². The lowest BCUT2D eigenvalue weighted by Crippen LogP contribution is -2.47. The molecule has 0 amide bonds. The zero-order valence-electron chi connectivity index (χ0n) is 14.0. The molecule has 0 unspecified atom stereocenters. The van der Waals surface area contributed by atoms with E-state index >= 15 is 0 Å². The molecule has 1 saturated heterocycles. The highest BCUT2D eigenvalue weighted by Crippen LogP contribution is 2.43. The van der Waals surface area contributed by atoms with Crippen molar-refractivity contribution < 1.29 is 0 Å². The molecule has 23 heavy (non-hydrogen) atoms. The van der Waals surface area contributed by atoms with Gasteiger partial charge in [0, 0.05) is 39.3 Å². The van der Waals surface area contributed by atoms with E-state index in [0.29, 0.717) is 0 Å². The van der Waals surface area contributed by atoms with Gasteiger partial charge in [-0.05, 0) is 36.2 Å². The zero-order valence-corrected chi connectivity index (χ0v) is 14.0. The average Bonchev–Trinajstić information content (AvgIpc) is 3.20. The molecule has 2 nitrogen and oxygen atoms in total. The minimum Gasteiger partial charge on any atom is -0.300 e.